The van der Waals surface area contributed by atoms with E-state index < -0.39 is 10.0 Å². The number of para-hydroxylation sites is 1. The van der Waals surface area contributed by atoms with Gasteiger partial charge in [-0.05, 0) is 52.6 Å². The molecule has 7 heteroatoms. The number of aliphatic hydroxyl groups is 1. The van der Waals surface area contributed by atoms with Crippen molar-refractivity contribution in [3.8, 4) is 0 Å². The van der Waals surface area contributed by atoms with Crippen LogP contribution in [0, 0.1) is 0 Å². The summed E-state index contributed by atoms with van der Waals surface area (Å²) in [6, 6.07) is 14.0. The van der Waals surface area contributed by atoms with Crippen molar-refractivity contribution < 1.29 is 13.5 Å². The maximum absolute atomic E-state index is 11.7. The molecule has 4 aromatic rings. The van der Waals surface area contributed by atoms with Crippen molar-refractivity contribution in [1.29, 1.82) is 0 Å². The Labute approximate surface area is 161 Å². The maximum Gasteiger partial charge on any atom is 0.229 e. The van der Waals surface area contributed by atoms with Crippen LogP contribution in [0.25, 0.3) is 21.0 Å². The van der Waals surface area contributed by atoms with Gasteiger partial charge in [-0.15, -0.1) is 11.3 Å². The van der Waals surface area contributed by atoms with Crippen LogP contribution in [0.3, 0.4) is 0 Å². The number of nitrogens with one attached hydrogen (secondary N) is 2. The summed E-state index contributed by atoms with van der Waals surface area (Å²) in [4.78, 5) is 3.21. The number of anilines is 1. The van der Waals surface area contributed by atoms with E-state index in [1.54, 1.807) is 17.4 Å². The summed E-state index contributed by atoms with van der Waals surface area (Å²) in [6.45, 7) is 0.0697. The molecule has 4 rings (SSSR count). The van der Waals surface area contributed by atoms with Gasteiger partial charge in [-0.25, -0.2) is 8.42 Å². The molecule has 0 saturated heterocycles. The standard InChI is InChI=1S/C20H20N2O3S2/c1-27(24,25)22-18-4-2-3-16-17(12-21-20(16)18)15(7-9-23)13-5-6-19-14(11-13)8-10-26-19/h2-6,8,10-12,15,21-23H,7,9H2,1H3. The minimum Gasteiger partial charge on any atom is -0.396 e. The number of rotatable bonds is 6. The Bertz CT molecular complexity index is 1210. The van der Waals surface area contributed by atoms with Crippen LogP contribution in [0.2, 0.25) is 0 Å². The number of thiophene rings is 1. The van der Waals surface area contributed by atoms with E-state index >= 15 is 0 Å². The predicted molar refractivity (Wildman–Crippen MR) is 112 cm³/mol. The van der Waals surface area contributed by atoms with Crippen LogP contribution in [-0.4, -0.2) is 31.4 Å². The first-order valence-corrected chi connectivity index (χ1v) is 11.4. The summed E-state index contributed by atoms with van der Waals surface area (Å²) in [5.74, 6) is 0.0153. The molecule has 1 unspecified atom stereocenters. The van der Waals surface area contributed by atoms with Crippen LogP contribution in [0.5, 0.6) is 0 Å². The third-order valence-corrected chi connectivity index (χ3v) is 6.20. The predicted octanol–water partition coefficient (Wildman–Crippen LogP) is 4.27. The highest BCUT2D eigenvalue weighted by atomic mass is 32.2. The van der Waals surface area contributed by atoms with E-state index in [4.69, 9.17) is 0 Å². The van der Waals surface area contributed by atoms with E-state index in [0.717, 1.165) is 28.3 Å². The zero-order valence-corrected chi connectivity index (χ0v) is 16.4. The van der Waals surface area contributed by atoms with Crippen molar-refractivity contribution in [1.82, 2.24) is 4.98 Å². The summed E-state index contributed by atoms with van der Waals surface area (Å²) in [5, 5.41) is 13.9. The monoisotopic (exact) mass is 400 g/mol. The first kappa shape index (κ1) is 18.0. The van der Waals surface area contributed by atoms with Crippen molar-refractivity contribution in [2.24, 2.45) is 0 Å². The van der Waals surface area contributed by atoms with Crippen LogP contribution in [0.15, 0.2) is 54.0 Å². The van der Waals surface area contributed by atoms with Gasteiger partial charge in [-0.2, -0.15) is 0 Å². The smallest absolute Gasteiger partial charge is 0.229 e. The van der Waals surface area contributed by atoms with Crippen LogP contribution >= 0.6 is 11.3 Å². The Hall–Kier alpha value is -2.35. The number of H-pyrrole nitrogens is 1. The molecule has 140 valence electrons. The number of hydrogen-bond acceptors (Lipinski definition) is 4. The number of sulfonamides is 1. The van der Waals surface area contributed by atoms with E-state index in [1.807, 2.05) is 18.3 Å². The molecule has 0 spiro atoms. The zero-order chi connectivity index (χ0) is 19.0. The Kier molecular flexibility index (Phi) is 4.67. The topological polar surface area (TPSA) is 82.2 Å². The molecule has 0 aliphatic rings. The average molecular weight is 401 g/mol. The minimum absolute atomic E-state index is 0.0153. The number of benzene rings is 2. The van der Waals surface area contributed by atoms with Crippen molar-refractivity contribution in [3.05, 3.63) is 65.2 Å². The Morgan fingerprint density at radius 1 is 1.22 bits per heavy atom. The van der Waals surface area contributed by atoms with E-state index in [0.29, 0.717) is 12.1 Å². The summed E-state index contributed by atoms with van der Waals surface area (Å²) in [7, 11) is -3.37. The van der Waals surface area contributed by atoms with Gasteiger partial charge in [0.1, 0.15) is 0 Å². The highest BCUT2D eigenvalue weighted by Crippen LogP contribution is 2.37. The number of hydrogen-bond donors (Lipinski definition) is 3. The summed E-state index contributed by atoms with van der Waals surface area (Å²) in [5.41, 5.74) is 3.46. The summed E-state index contributed by atoms with van der Waals surface area (Å²) >= 11 is 1.71. The molecule has 27 heavy (non-hydrogen) atoms. The van der Waals surface area contributed by atoms with Crippen molar-refractivity contribution in [3.63, 3.8) is 0 Å². The lowest BCUT2D eigenvalue weighted by Crippen LogP contribution is -2.09. The molecule has 0 aliphatic carbocycles. The fourth-order valence-corrected chi connectivity index (χ4v) is 4.92. The lowest BCUT2D eigenvalue weighted by Gasteiger charge is -2.16. The molecule has 0 amide bonds. The Morgan fingerprint density at radius 2 is 2.07 bits per heavy atom. The quantitative estimate of drug-likeness (QED) is 0.452. The van der Waals surface area contributed by atoms with Gasteiger partial charge in [0.2, 0.25) is 10.0 Å². The molecular formula is C20H20N2O3S2. The van der Waals surface area contributed by atoms with Crippen molar-refractivity contribution in [2.45, 2.75) is 12.3 Å². The molecule has 2 aromatic heterocycles. The molecule has 0 saturated carbocycles. The van der Waals surface area contributed by atoms with Crippen molar-refractivity contribution in [2.75, 3.05) is 17.6 Å². The Balaban J connectivity index is 1.83. The fraction of sp³-hybridized carbons (Fsp3) is 0.200. The molecule has 1 atom stereocenters. The summed E-state index contributed by atoms with van der Waals surface area (Å²) in [6.07, 6.45) is 3.64. The highest BCUT2D eigenvalue weighted by molar-refractivity contribution is 7.92. The lowest BCUT2D eigenvalue weighted by molar-refractivity contribution is 0.282. The highest BCUT2D eigenvalue weighted by Gasteiger charge is 2.20. The molecule has 3 N–H and O–H groups in total. The van der Waals surface area contributed by atoms with Gasteiger partial charge in [0.05, 0.1) is 17.5 Å². The van der Waals surface area contributed by atoms with E-state index in [9.17, 15) is 13.5 Å². The molecule has 0 bridgehead atoms. The van der Waals surface area contributed by atoms with E-state index in [-0.39, 0.29) is 12.5 Å². The third-order valence-electron chi connectivity index (χ3n) is 4.71. The normalized spacial score (nSPS) is 13.3. The Morgan fingerprint density at radius 3 is 2.85 bits per heavy atom. The SMILES string of the molecule is CS(=O)(=O)Nc1cccc2c(C(CCO)c3ccc4sccc4c3)c[nH]c12. The minimum atomic E-state index is -3.37. The second kappa shape index (κ2) is 6.99. The molecule has 0 fully saturated rings. The van der Waals surface area contributed by atoms with Gasteiger partial charge in [-0.1, -0.05) is 18.2 Å². The van der Waals surface area contributed by atoms with Gasteiger partial charge in [0.25, 0.3) is 0 Å². The maximum atomic E-state index is 11.7. The fourth-order valence-electron chi connectivity index (χ4n) is 3.58. The van der Waals surface area contributed by atoms with E-state index in [1.165, 1.54) is 10.1 Å². The number of aromatic nitrogens is 1. The molecule has 0 aliphatic heterocycles. The number of aliphatic hydroxyl groups excluding tert-OH is 1. The summed E-state index contributed by atoms with van der Waals surface area (Å²) < 4.78 is 27.1. The largest absolute Gasteiger partial charge is 0.396 e. The lowest BCUT2D eigenvalue weighted by atomic mass is 9.88. The first-order chi connectivity index (χ1) is 13.0. The van der Waals surface area contributed by atoms with Crippen LogP contribution in [0.1, 0.15) is 23.5 Å². The van der Waals surface area contributed by atoms with E-state index in [2.05, 4.69) is 39.4 Å². The number of fused-ring (bicyclic) bond motifs is 2. The molecule has 2 heterocycles. The molecular weight excluding hydrogens is 380 g/mol. The first-order valence-electron chi connectivity index (χ1n) is 8.62. The molecule has 5 nitrogen and oxygen atoms in total. The second-order valence-corrected chi connectivity index (χ2v) is 9.33. The molecule has 2 aromatic carbocycles. The zero-order valence-electron chi connectivity index (χ0n) is 14.8. The average Bonchev–Trinajstić information content (AvgIpc) is 3.25. The van der Waals surface area contributed by atoms with Crippen LogP contribution in [-0.2, 0) is 10.0 Å². The van der Waals surface area contributed by atoms with Gasteiger partial charge >= 0.3 is 0 Å². The second-order valence-electron chi connectivity index (χ2n) is 6.63. The van der Waals surface area contributed by atoms with Gasteiger partial charge in [0.15, 0.2) is 0 Å². The van der Waals surface area contributed by atoms with Crippen molar-refractivity contribution >= 4 is 48.0 Å². The van der Waals surface area contributed by atoms with Gasteiger partial charge < -0.3 is 10.1 Å². The van der Waals surface area contributed by atoms with Crippen LogP contribution in [0.4, 0.5) is 5.69 Å². The van der Waals surface area contributed by atoms with Gasteiger partial charge in [0, 0.05) is 28.8 Å². The van der Waals surface area contributed by atoms with Crippen LogP contribution < -0.4 is 4.72 Å². The molecule has 0 radical (unpaired) electrons. The van der Waals surface area contributed by atoms with Gasteiger partial charge in [-0.3, -0.25) is 4.72 Å². The number of aromatic amines is 1. The third kappa shape index (κ3) is 3.58.